The predicted molar refractivity (Wildman–Crippen MR) is 133 cm³/mol. The molecule has 10 heteroatoms. The summed E-state index contributed by atoms with van der Waals surface area (Å²) in [4.78, 5) is 42.5. The summed E-state index contributed by atoms with van der Waals surface area (Å²) in [5.41, 5.74) is 1.46. The van der Waals surface area contributed by atoms with E-state index in [2.05, 4.69) is 4.99 Å². The fourth-order valence-electron chi connectivity index (χ4n) is 3.75. The van der Waals surface area contributed by atoms with Gasteiger partial charge in [0.15, 0.2) is 0 Å². The number of aliphatic imine (C=N–C) groups is 1. The number of non-ortho nitro benzene ring substituents is 1. The highest BCUT2D eigenvalue weighted by molar-refractivity contribution is 8.76. The molecule has 0 saturated heterocycles. The third-order valence-corrected chi connectivity index (χ3v) is 7.46. The van der Waals surface area contributed by atoms with E-state index in [0.717, 1.165) is 4.90 Å². The average Bonchev–Trinajstić information content (AvgIpc) is 2.84. The molecule has 1 aliphatic rings. The van der Waals surface area contributed by atoms with Crippen molar-refractivity contribution in [2.75, 3.05) is 19.5 Å². The molecule has 3 rings (SSSR count). The van der Waals surface area contributed by atoms with Crippen molar-refractivity contribution in [3.8, 4) is 0 Å². The normalized spacial score (nSPS) is 17.7. The van der Waals surface area contributed by atoms with Crippen LogP contribution in [0, 0.1) is 16.0 Å². The van der Waals surface area contributed by atoms with Gasteiger partial charge in [-0.15, -0.1) is 0 Å². The van der Waals surface area contributed by atoms with Gasteiger partial charge >= 0.3 is 11.9 Å². The minimum absolute atomic E-state index is 0.134. The Hall–Kier alpha value is -3.11. The molecule has 0 spiro atoms. The first kappa shape index (κ1) is 25.5. The number of hydrogen-bond donors (Lipinski definition) is 0. The molecule has 34 heavy (non-hydrogen) atoms. The Morgan fingerprint density at radius 3 is 2.53 bits per heavy atom. The highest BCUT2D eigenvalue weighted by Crippen LogP contribution is 2.43. The van der Waals surface area contributed by atoms with Crippen LogP contribution >= 0.6 is 21.6 Å². The lowest BCUT2D eigenvalue weighted by molar-refractivity contribution is -0.384. The van der Waals surface area contributed by atoms with E-state index < -0.39 is 28.7 Å². The third kappa shape index (κ3) is 5.87. The molecule has 0 aromatic heterocycles. The van der Waals surface area contributed by atoms with Gasteiger partial charge in [-0.2, -0.15) is 0 Å². The Bertz CT molecular complexity index is 1130. The first-order chi connectivity index (χ1) is 16.4. The molecule has 178 valence electrons. The van der Waals surface area contributed by atoms with Crippen LogP contribution in [0.1, 0.15) is 25.3 Å². The summed E-state index contributed by atoms with van der Waals surface area (Å²) in [5.74, 6) is -2.57. The van der Waals surface area contributed by atoms with E-state index in [1.54, 1.807) is 19.9 Å². The predicted octanol–water partition coefficient (Wildman–Crippen LogP) is 5.20. The molecule has 2 aromatic rings. The minimum Gasteiger partial charge on any atom is -0.468 e. The molecule has 2 aromatic carbocycles. The molecule has 8 nitrogen and oxygen atoms in total. The van der Waals surface area contributed by atoms with Gasteiger partial charge in [0.05, 0.1) is 29.9 Å². The van der Waals surface area contributed by atoms with E-state index in [9.17, 15) is 19.7 Å². The van der Waals surface area contributed by atoms with Crippen LogP contribution in [0.4, 0.5) is 5.69 Å². The zero-order valence-corrected chi connectivity index (χ0v) is 20.6. The number of benzene rings is 2. The summed E-state index contributed by atoms with van der Waals surface area (Å²) in [6.45, 7) is 3.52. The maximum absolute atomic E-state index is 13.2. The summed E-state index contributed by atoms with van der Waals surface area (Å²) < 4.78 is 10.3. The minimum atomic E-state index is -0.915. The van der Waals surface area contributed by atoms with Crippen molar-refractivity contribution in [1.29, 1.82) is 0 Å². The maximum atomic E-state index is 13.2. The lowest BCUT2D eigenvalue weighted by atomic mass is 9.75. The van der Waals surface area contributed by atoms with Gasteiger partial charge in [0.1, 0.15) is 5.92 Å². The van der Waals surface area contributed by atoms with Crippen LogP contribution in [-0.4, -0.2) is 42.0 Å². The van der Waals surface area contributed by atoms with Crippen LogP contribution < -0.4 is 0 Å². The van der Waals surface area contributed by atoms with Gasteiger partial charge < -0.3 is 9.47 Å². The number of carbonyl (C=O) groups excluding carboxylic acids is 2. The van der Waals surface area contributed by atoms with Gasteiger partial charge in [-0.1, -0.05) is 51.9 Å². The van der Waals surface area contributed by atoms with Crippen LogP contribution in [0.3, 0.4) is 0 Å². The van der Waals surface area contributed by atoms with Crippen molar-refractivity contribution in [2.45, 2.75) is 24.7 Å². The second-order valence-electron chi connectivity index (χ2n) is 7.32. The fourth-order valence-corrected chi connectivity index (χ4v) is 5.80. The molecule has 1 aliphatic heterocycles. The Kier molecular flexibility index (Phi) is 8.89. The fraction of sp³-hybridized carbons (Fsp3) is 0.292. The number of nitro groups is 1. The van der Waals surface area contributed by atoms with Gasteiger partial charge in [-0.3, -0.25) is 19.9 Å². The van der Waals surface area contributed by atoms with Crippen molar-refractivity contribution < 1.29 is 24.0 Å². The van der Waals surface area contributed by atoms with E-state index in [4.69, 9.17) is 9.47 Å². The average molecular weight is 501 g/mol. The molecule has 0 bridgehead atoms. The highest BCUT2D eigenvalue weighted by Gasteiger charge is 2.43. The van der Waals surface area contributed by atoms with Crippen LogP contribution in [0.5, 0.6) is 0 Å². The standard InChI is InChI=1S/C24H24N2O6S2/c1-4-32-24(28)22-19(14-33-34-18-11-6-5-7-12-18)25-15(2)20(23(27)31-3)21(22)16-9-8-10-17(13-16)26(29)30/h5-13,20-21H,4,14H2,1-3H3. The number of nitro benzene ring substituents is 1. The number of ether oxygens (including phenoxy) is 2. The molecular formula is C24H24N2O6S2. The SMILES string of the molecule is CCOC(=O)C1=C(CSSc2ccccc2)N=C(C)C(C(=O)OC)C1c1cccc([N+](=O)[O-])c1. The van der Waals surface area contributed by atoms with Crippen molar-refractivity contribution in [3.63, 3.8) is 0 Å². The molecule has 0 saturated carbocycles. The summed E-state index contributed by atoms with van der Waals surface area (Å²) in [6, 6.07) is 15.7. The zero-order valence-electron chi connectivity index (χ0n) is 18.9. The second-order valence-corrected chi connectivity index (χ2v) is 9.69. The van der Waals surface area contributed by atoms with Gasteiger partial charge in [0, 0.05) is 34.4 Å². The molecule has 2 atom stereocenters. The first-order valence-electron chi connectivity index (χ1n) is 10.5. The molecule has 1 heterocycles. The van der Waals surface area contributed by atoms with Gasteiger partial charge in [0.2, 0.25) is 0 Å². The molecular weight excluding hydrogens is 476 g/mol. The number of rotatable bonds is 9. The number of methoxy groups -OCH3 is 1. The Balaban J connectivity index is 2.09. The number of nitrogens with zero attached hydrogens (tertiary/aromatic N) is 2. The van der Waals surface area contributed by atoms with Crippen molar-refractivity contribution >= 4 is 44.9 Å². The molecule has 0 fully saturated rings. The summed E-state index contributed by atoms with van der Waals surface area (Å²) >= 11 is 0. The maximum Gasteiger partial charge on any atom is 0.336 e. The Morgan fingerprint density at radius 1 is 1.15 bits per heavy atom. The van der Waals surface area contributed by atoms with Gasteiger partial charge in [-0.05, 0) is 31.5 Å². The zero-order chi connectivity index (χ0) is 24.7. The molecule has 0 amide bonds. The molecule has 0 aliphatic carbocycles. The monoisotopic (exact) mass is 500 g/mol. The quantitative estimate of drug-likeness (QED) is 0.200. The number of esters is 2. The van der Waals surface area contributed by atoms with E-state index in [0.29, 0.717) is 22.7 Å². The second kappa shape index (κ2) is 11.8. The smallest absolute Gasteiger partial charge is 0.336 e. The van der Waals surface area contributed by atoms with Crippen LogP contribution in [0.25, 0.3) is 0 Å². The Morgan fingerprint density at radius 2 is 1.88 bits per heavy atom. The van der Waals surface area contributed by atoms with Crippen LogP contribution in [-0.2, 0) is 19.1 Å². The van der Waals surface area contributed by atoms with E-state index in [1.165, 1.54) is 46.9 Å². The molecule has 2 unspecified atom stereocenters. The van der Waals surface area contributed by atoms with Gasteiger partial charge in [-0.25, -0.2) is 4.79 Å². The lowest BCUT2D eigenvalue weighted by Gasteiger charge is -2.31. The van der Waals surface area contributed by atoms with Gasteiger partial charge in [0.25, 0.3) is 5.69 Å². The van der Waals surface area contributed by atoms with E-state index in [-0.39, 0.29) is 17.9 Å². The van der Waals surface area contributed by atoms with Crippen molar-refractivity contribution in [3.05, 3.63) is 81.5 Å². The summed E-state index contributed by atoms with van der Waals surface area (Å²) in [5, 5.41) is 11.4. The van der Waals surface area contributed by atoms with Crippen molar-refractivity contribution in [2.24, 2.45) is 10.9 Å². The number of carbonyl (C=O) groups is 2. The van der Waals surface area contributed by atoms with Crippen LogP contribution in [0.2, 0.25) is 0 Å². The largest absolute Gasteiger partial charge is 0.468 e. The topological polar surface area (TPSA) is 108 Å². The first-order valence-corrected chi connectivity index (χ1v) is 12.8. The van der Waals surface area contributed by atoms with E-state index >= 15 is 0 Å². The number of hydrogen-bond acceptors (Lipinski definition) is 9. The van der Waals surface area contributed by atoms with Crippen LogP contribution in [0.15, 0.2) is 75.8 Å². The molecule has 0 N–H and O–H groups in total. The van der Waals surface area contributed by atoms with Crippen molar-refractivity contribution in [1.82, 2.24) is 0 Å². The highest BCUT2D eigenvalue weighted by atomic mass is 33.1. The molecule has 0 radical (unpaired) electrons. The summed E-state index contributed by atoms with van der Waals surface area (Å²) in [7, 11) is 4.29. The Labute approximate surface area is 205 Å². The summed E-state index contributed by atoms with van der Waals surface area (Å²) in [6.07, 6.45) is 0. The van der Waals surface area contributed by atoms with E-state index in [1.807, 2.05) is 30.3 Å². The lowest BCUT2D eigenvalue weighted by Crippen LogP contribution is -2.36. The third-order valence-electron chi connectivity index (χ3n) is 5.20.